The maximum atomic E-state index is 9.09. The fourth-order valence-corrected chi connectivity index (χ4v) is 2.55. The first kappa shape index (κ1) is 13.8. The molecule has 2 heterocycles. The summed E-state index contributed by atoms with van der Waals surface area (Å²) in [5, 5.41) is 12.2. The molecular formula is C16H20N4O. The van der Waals surface area contributed by atoms with E-state index >= 15 is 0 Å². The minimum absolute atomic E-state index is 0.0534. The number of aromatic nitrogens is 2. The van der Waals surface area contributed by atoms with Gasteiger partial charge in [0.15, 0.2) is 0 Å². The van der Waals surface area contributed by atoms with Gasteiger partial charge in [0.05, 0.1) is 6.61 Å². The molecule has 2 N–H and O–H groups in total. The molecule has 0 aliphatic carbocycles. The summed E-state index contributed by atoms with van der Waals surface area (Å²) in [5.74, 6) is 1.49. The molecule has 1 aliphatic rings. The van der Waals surface area contributed by atoms with Crippen molar-refractivity contribution in [2.24, 2.45) is 0 Å². The second-order valence-electron chi connectivity index (χ2n) is 5.41. The van der Waals surface area contributed by atoms with Crippen molar-refractivity contribution in [3.05, 3.63) is 47.7 Å². The minimum atomic E-state index is -0.0534. The largest absolute Gasteiger partial charge is 0.394 e. The zero-order valence-corrected chi connectivity index (χ0v) is 12.2. The number of hydrogen-bond donors (Lipinski definition) is 2. The Morgan fingerprint density at radius 1 is 1.29 bits per heavy atom. The Balaban J connectivity index is 1.77. The number of hydrogen-bond acceptors (Lipinski definition) is 5. The Kier molecular flexibility index (Phi) is 4.01. The number of fused-ring (bicyclic) bond motifs is 1. The topological polar surface area (TPSA) is 61.3 Å². The van der Waals surface area contributed by atoms with Crippen LogP contribution in [0.2, 0.25) is 0 Å². The van der Waals surface area contributed by atoms with Gasteiger partial charge in [-0.2, -0.15) is 4.98 Å². The lowest BCUT2D eigenvalue weighted by Gasteiger charge is -2.29. The molecule has 0 amide bonds. The van der Waals surface area contributed by atoms with Crippen LogP contribution < -0.4 is 10.2 Å². The van der Waals surface area contributed by atoms with Crippen molar-refractivity contribution in [2.45, 2.75) is 25.9 Å². The van der Waals surface area contributed by atoms with Crippen LogP contribution in [0.4, 0.5) is 11.8 Å². The van der Waals surface area contributed by atoms with Gasteiger partial charge in [-0.1, -0.05) is 24.3 Å². The van der Waals surface area contributed by atoms with Gasteiger partial charge < -0.3 is 15.3 Å². The Hall–Kier alpha value is -2.14. The number of nitrogens with zero attached hydrogens (tertiary/aromatic N) is 3. The number of rotatable bonds is 4. The molecule has 2 aromatic rings. The quantitative estimate of drug-likeness (QED) is 0.897. The highest BCUT2D eigenvalue weighted by Gasteiger charge is 2.17. The first-order chi connectivity index (χ1) is 10.3. The van der Waals surface area contributed by atoms with Crippen molar-refractivity contribution in [3.8, 4) is 0 Å². The molecule has 1 atom stereocenters. The van der Waals surface area contributed by atoms with Gasteiger partial charge in [0, 0.05) is 25.3 Å². The van der Waals surface area contributed by atoms with Crippen molar-refractivity contribution in [1.29, 1.82) is 0 Å². The van der Waals surface area contributed by atoms with Crippen molar-refractivity contribution in [1.82, 2.24) is 9.97 Å². The van der Waals surface area contributed by atoms with E-state index in [1.165, 1.54) is 11.1 Å². The highest BCUT2D eigenvalue weighted by molar-refractivity contribution is 5.46. The van der Waals surface area contributed by atoms with Crippen LogP contribution >= 0.6 is 0 Å². The van der Waals surface area contributed by atoms with E-state index in [1.54, 1.807) is 6.20 Å². The predicted octanol–water partition coefficient (Wildman–Crippen LogP) is 1.83. The average molecular weight is 284 g/mol. The van der Waals surface area contributed by atoms with Crippen LogP contribution in [0, 0.1) is 0 Å². The van der Waals surface area contributed by atoms with Crippen molar-refractivity contribution < 1.29 is 5.11 Å². The zero-order valence-electron chi connectivity index (χ0n) is 12.2. The number of benzene rings is 1. The van der Waals surface area contributed by atoms with Crippen LogP contribution in [-0.2, 0) is 13.0 Å². The van der Waals surface area contributed by atoms with Crippen LogP contribution in [0.15, 0.2) is 36.5 Å². The van der Waals surface area contributed by atoms with Crippen LogP contribution in [0.5, 0.6) is 0 Å². The Morgan fingerprint density at radius 3 is 2.90 bits per heavy atom. The van der Waals surface area contributed by atoms with Gasteiger partial charge in [-0.15, -0.1) is 0 Å². The molecule has 5 nitrogen and oxygen atoms in total. The highest BCUT2D eigenvalue weighted by Crippen LogP contribution is 2.23. The molecule has 5 heteroatoms. The fraction of sp³-hybridized carbons (Fsp3) is 0.375. The molecule has 1 aromatic heterocycles. The first-order valence-corrected chi connectivity index (χ1v) is 7.28. The maximum Gasteiger partial charge on any atom is 0.224 e. The number of nitrogens with one attached hydrogen (secondary N) is 1. The van der Waals surface area contributed by atoms with Gasteiger partial charge in [-0.05, 0) is 30.5 Å². The summed E-state index contributed by atoms with van der Waals surface area (Å²) in [4.78, 5) is 11.0. The van der Waals surface area contributed by atoms with Crippen molar-refractivity contribution in [2.75, 3.05) is 23.4 Å². The number of aliphatic hydroxyl groups is 1. The lowest BCUT2D eigenvalue weighted by Crippen LogP contribution is -2.31. The van der Waals surface area contributed by atoms with E-state index in [0.29, 0.717) is 5.95 Å². The summed E-state index contributed by atoms with van der Waals surface area (Å²) >= 11 is 0. The molecule has 0 spiro atoms. The lowest BCUT2D eigenvalue weighted by atomic mass is 10.00. The summed E-state index contributed by atoms with van der Waals surface area (Å²) in [6.45, 7) is 3.79. The van der Waals surface area contributed by atoms with E-state index in [0.717, 1.165) is 25.3 Å². The monoisotopic (exact) mass is 284 g/mol. The summed E-state index contributed by atoms with van der Waals surface area (Å²) in [6.07, 6.45) is 2.80. The second kappa shape index (κ2) is 6.10. The summed E-state index contributed by atoms with van der Waals surface area (Å²) in [5.41, 5.74) is 2.79. The molecule has 1 aliphatic heterocycles. The van der Waals surface area contributed by atoms with Gasteiger partial charge in [-0.3, -0.25) is 0 Å². The van der Waals surface area contributed by atoms with E-state index in [-0.39, 0.29) is 12.6 Å². The number of anilines is 2. The summed E-state index contributed by atoms with van der Waals surface area (Å²) < 4.78 is 0. The average Bonchev–Trinajstić information content (AvgIpc) is 2.54. The zero-order chi connectivity index (χ0) is 14.7. The molecule has 21 heavy (non-hydrogen) atoms. The van der Waals surface area contributed by atoms with E-state index in [1.807, 2.05) is 13.0 Å². The molecule has 0 fully saturated rings. The van der Waals surface area contributed by atoms with Gasteiger partial charge in [0.25, 0.3) is 0 Å². The van der Waals surface area contributed by atoms with E-state index in [9.17, 15) is 0 Å². The van der Waals surface area contributed by atoms with Gasteiger partial charge >= 0.3 is 0 Å². The molecule has 0 radical (unpaired) electrons. The molecule has 110 valence electrons. The molecule has 0 saturated heterocycles. The molecule has 1 aromatic carbocycles. The molecule has 3 rings (SSSR count). The SMILES string of the molecule is C[C@@H](CO)Nc1nccc(N2CCc3ccccc3C2)n1. The standard InChI is InChI=1S/C16H20N4O/c1-12(11-21)18-16-17-8-6-15(19-16)20-9-7-13-4-2-3-5-14(13)10-20/h2-6,8,12,21H,7,9-11H2,1H3,(H,17,18,19)/t12-/m0/s1. The Morgan fingerprint density at radius 2 is 2.10 bits per heavy atom. The third-order valence-corrected chi connectivity index (χ3v) is 3.74. The minimum Gasteiger partial charge on any atom is -0.394 e. The Labute approximate surface area is 124 Å². The molecule has 0 saturated carbocycles. The van der Waals surface area contributed by atoms with Gasteiger partial charge in [0.2, 0.25) is 5.95 Å². The van der Waals surface area contributed by atoms with Crippen LogP contribution in [0.1, 0.15) is 18.1 Å². The first-order valence-electron chi connectivity index (χ1n) is 7.28. The van der Waals surface area contributed by atoms with E-state index < -0.39 is 0 Å². The second-order valence-corrected chi connectivity index (χ2v) is 5.41. The maximum absolute atomic E-state index is 9.09. The van der Waals surface area contributed by atoms with Crippen LogP contribution in [0.3, 0.4) is 0 Å². The smallest absolute Gasteiger partial charge is 0.224 e. The fourth-order valence-electron chi connectivity index (χ4n) is 2.55. The number of aliphatic hydroxyl groups excluding tert-OH is 1. The third kappa shape index (κ3) is 3.13. The Bertz CT molecular complexity index is 617. The third-order valence-electron chi connectivity index (χ3n) is 3.74. The summed E-state index contributed by atoms with van der Waals surface area (Å²) in [6, 6.07) is 10.4. The van der Waals surface area contributed by atoms with Crippen LogP contribution in [0.25, 0.3) is 0 Å². The summed E-state index contributed by atoms with van der Waals surface area (Å²) in [7, 11) is 0. The molecule has 0 bridgehead atoms. The van der Waals surface area contributed by atoms with E-state index in [4.69, 9.17) is 5.11 Å². The van der Waals surface area contributed by atoms with E-state index in [2.05, 4.69) is 44.5 Å². The van der Waals surface area contributed by atoms with Gasteiger partial charge in [0.1, 0.15) is 5.82 Å². The molecular weight excluding hydrogens is 264 g/mol. The van der Waals surface area contributed by atoms with Crippen molar-refractivity contribution in [3.63, 3.8) is 0 Å². The van der Waals surface area contributed by atoms with Gasteiger partial charge in [-0.25, -0.2) is 4.98 Å². The normalized spacial score (nSPS) is 15.4. The predicted molar refractivity (Wildman–Crippen MR) is 83.4 cm³/mol. The highest BCUT2D eigenvalue weighted by atomic mass is 16.3. The lowest BCUT2D eigenvalue weighted by molar-refractivity contribution is 0.281. The van der Waals surface area contributed by atoms with Crippen molar-refractivity contribution >= 4 is 11.8 Å². The van der Waals surface area contributed by atoms with Crippen LogP contribution in [-0.4, -0.2) is 34.3 Å². The molecule has 0 unspecified atom stereocenters.